The van der Waals surface area contributed by atoms with Crippen LogP contribution in [0.25, 0.3) is 6.08 Å². The summed E-state index contributed by atoms with van der Waals surface area (Å²) in [4.78, 5) is 49.5. The number of allylic oxidation sites excluding steroid dienone is 1. The zero-order chi connectivity index (χ0) is 30.1. The largest absolute Gasteiger partial charge is 0.490 e. The van der Waals surface area contributed by atoms with Crippen molar-refractivity contribution < 1.29 is 52.3 Å². The summed E-state index contributed by atoms with van der Waals surface area (Å²) in [5, 5.41) is 2.80. The molecule has 1 saturated heterocycles. The lowest BCUT2D eigenvalue weighted by Gasteiger charge is -2.45. The van der Waals surface area contributed by atoms with Crippen molar-refractivity contribution in [2.45, 2.75) is 84.5 Å². The Kier molecular flexibility index (Phi) is 11.3. The summed E-state index contributed by atoms with van der Waals surface area (Å²) >= 11 is 0. The van der Waals surface area contributed by atoms with Gasteiger partial charge in [-0.3, -0.25) is 19.2 Å². The Hall–Kier alpha value is -3.90. The van der Waals surface area contributed by atoms with Gasteiger partial charge in [0.05, 0.1) is 12.9 Å². The highest BCUT2D eigenvalue weighted by Crippen LogP contribution is 2.36. The van der Waals surface area contributed by atoms with Gasteiger partial charge in [-0.15, -0.1) is 0 Å². The van der Waals surface area contributed by atoms with Gasteiger partial charge in [-0.25, -0.2) is 0 Å². The first-order valence-electron chi connectivity index (χ1n) is 13.3. The molecule has 2 fully saturated rings. The van der Waals surface area contributed by atoms with Gasteiger partial charge in [-0.1, -0.05) is 19.1 Å². The Balaban J connectivity index is 1.94. The number of hydrogen-bond acceptors (Lipinski definition) is 11. The maximum atomic E-state index is 13.5. The molecule has 0 bridgehead atoms. The second-order valence-electron chi connectivity index (χ2n) is 9.57. The third-order valence-electron chi connectivity index (χ3n) is 6.23. The van der Waals surface area contributed by atoms with Crippen molar-refractivity contribution in [3.8, 4) is 11.5 Å². The van der Waals surface area contributed by atoms with Crippen LogP contribution in [-0.4, -0.2) is 73.8 Å². The summed E-state index contributed by atoms with van der Waals surface area (Å²) in [5.41, 5.74) is 0.935. The topological polar surface area (TPSA) is 145 Å². The second kappa shape index (κ2) is 14.6. The van der Waals surface area contributed by atoms with Gasteiger partial charge < -0.3 is 38.5 Å². The van der Waals surface area contributed by atoms with Gasteiger partial charge in [0.2, 0.25) is 5.91 Å². The number of ether oxygens (including phenoxy) is 7. The van der Waals surface area contributed by atoms with Crippen LogP contribution in [0.1, 0.15) is 53.5 Å². The van der Waals surface area contributed by atoms with Gasteiger partial charge in [0.25, 0.3) is 0 Å². The van der Waals surface area contributed by atoms with E-state index in [2.05, 4.69) is 5.32 Å². The van der Waals surface area contributed by atoms with Crippen molar-refractivity contribution in [1.82, 2.24) is 5.32 Å². The van der Waals surface area contributed by atoms with Gasteiger partial charge in [-0.05, 0) is 44.0 Å². The molecule has 1 aliphatic carbocycles. The van der Waals surface area contributed by atoms with Crippen LogP contribution in [-0.2, 0) is 42.9 Å². The second-order valence-corrected chi connectivity index (χ2v) is 9.57. The van der Waals surface area contributed by atoms with Gasteiger partial charge in [-0.2, -0.15) is 0 Å². The quantitative estimate of drug-likeness (QED) is 0.180. The molecule has 0 unspecified atom stereocenters. The van der Waals surface area contributed by atoms with E-state index in [1.54, 1.807) is 37.3 Å². The van der Waals surface area contributed by atoms with Crippen LogP contribution in [0.2, 0.25) is 0 Å². The number of amides is 1. The predicted octanol–water partition coefficient (Wildman–Crippen LogP) is 2.83. The summed E-state index contributed by atoms with van der Waals surface area (Å²) in [7, 11) is 0. The molecule has 224 valence electrons. The maximum absolute atomic E-state index is 13.5. The van der Waals surface area contributed by atoms with E-state index in [1.165, 1.54) is 27.0 Å². The normalized spacial score (nSPS) is 25.7. The van der Waals surface area contributed by atoms with Crippen molar-refractivity contribution in [3.05, 3.63) is 41.7 Å². The number of hydrogen-bond donors (Lipinski definition) is 1. The Morgan fingerprint density at radius 2 is 1.51 bits per heavy atom. The lowest BCUT2D eigenvalue weighted by Crippen LogP contribution is -2.70. The molecular weight excluding hydrogens is 538 g/mol. The average Bonchev–Trinajstić information content (AvgIpc) is 3.40. The summed E-state index contributed by atoms with van der Waals surface area (Å²) in [6.07, 6.45) is 0.440. The number of fused-ring (bicyclic) bond motifs is 1. The first-order valence-corrected chi connectivity index (χ1v) is 13.3. The molecule has 1 aromatic rings. The Labute approximate surface area is 238 Å². The van der Waals surface area contributed by atoms with Crippen molar-refractivity contribution in [2.24, 2.45) is 0 Å². The molecule has 1 heterocycles. The van der Waals surface area contributed by atoms with Crippen molar-refractivity contribution in [3.63, 3.8) is 0 Å². The minimum atomic E-state index is -1.24. The van der Waals surface area contributed by atoms with Crippen LogP contribution in [0.4, 0.5) is 0 Å². The minimum absolute atomic E-state index is 0.174. The van der Waals surface area contributed by atoms with Crippen LogP contribution < -0.4 is 14.8 Å². The molecule has 6 atom stereocenters. The third-order valence-corrected chi connectivity index (χ3v) is 6.23. The number of carbonyl (C=O) groups is 4. The number of benzene rings is 1. The van der Waals surface area contributed by atoms with E-state index in [-0.39, 0.29) is 12.4 Å². The third kappa shape index (κ3) is 8.30. The van der Waals surface area contributed by atoms with Crippen molar-refractivity contribution in [1.29, 1.82) is 0 Å². The highest BCUT2D eigenvalue weighted by atomic mass is 16.7. The van der Waals surface area contributed by atoms with E-state index >= 15 is 0 Å². The van der Waals surface area contributed by atoms with Gasteiger partial charge in [0.1, 0.15) is 25.0 Å². The molecule has 0 aromatic heterocycles. The zero-order valence-corrected chi connectivity index (χ0v) is 24.0. The summed E-state index contributed by atoms with van der Waals surface area (Å²) < 4.78 is 39.2. The maximum Gasteiger partial charge on any atom is 0.303 e. The van der Waals surface area contributed by atoms with Gasteiger partial charge in [0.15, 0.2) is 29.8 Å². The zero-order valence-electron chi connectivity index (χ0n) is 24.0. The molecule has 1 saturated carbocycles. The Morgan fingerprint density at radius 3 is 2.12 bits per heavy atom. The molecule has 2 aliphatic rings. The van der Waals surface area contributed by atoms with Crippen LogP contribution in [0, 0.1) is 0 Å². The molecule has 1 aliphatic heterocycles. The minimum Gasteiger partial charge on any atom is -0.490 e. The van der Waals surface area contributed by atoms with Gasteiger partial charge in [0, 0.05) is 26.3 Å². The summed E-state index contributed by atoms with van der Waals surface area (Å²) in [6, 6.07) is 4.13. The van der Waals surface area contributed by atoms with E-state index < -0.39 is 60.4 Å². The van der Waals surface area contributed by atoms with E-state index in [9.17, 15) is 19.2 Å². The molecule has 3 rings (SSSR count). The van der Waals surface area contributed by atoms with Crippen LogP contribution in [0.5, 0.6) is 11.5 Å². The number of carbonyl (C=O) groups excluding carboxylic acids is 4. The van der Waals surface area contributed by atoms with Crippen LogP contribution in [0.15, 0.2) is 36.1 Å². The molecule has 12 nitrogen and oxygen atoms in total. The van der Waals surface area contributed by atoms with Crippen molar-refractivity contribution >= 4 is 29.9 Å². The fourth-order valence-corrected chi connectivity index (χ4v) is 4.65. The molecule has 41 heavy (non-hydrogen) atoms. The number of rotatable bonds is 11. The molecular formula is C29H37NO11. The molecule has 12 heteroatoms. The fourth-order valence-electron chi connectivity index (χ4n) is 4.65. The summed E-state index contributed by atoms with van der Waals surface area (Å²) in [5.74, 6) is -1.52. The Bertz CT molecular complexity index is 1180. The van der Waals surface area contributed by atoms with E-state index in [0.29, 0.717) is 23.7 Å². The van der Waals surface area contributed by atoms with E-state index in [4.69, 9.17) is 33.2 Å². The molecule has 1 aromatic carbocycles. The van der Waals surface area contributed by atoms with Crippen LogP contribution in [0.3, 0.4) is 0 Å². The first-order chi connectivity index (χ1) is 19.5. The molecule has 1 amide bonds. The van der Waals surface area contributed by atoms with E-state index in [1.807, 2.05) is 13.8 Å². The smallest absolute Gasteiger partial charge is 0.303 e. The standard InChI is InChI=1S/C29H37NO11/c1-7-11-35-21-10-9-20(14-22(21)36-12-8-2)13-16(3)29(34)30-23-24(39-17(4)31)26-27(38-15-37-26)28(41-19(6)33)25(23)40-18(5)32/h8-10,12-14,23-28H,7,11,15H2,1-6H3,(H,30,34)/b12-8+,16-13+/t23-,24+,25-,26-,27-,28+/m0/s1. The SMILES string of the molecule is C/C=C/Oc1cc(/C=C(\C)C(=O)N[C@H]2[C@@H](OC(C)=O)[C@@H]3OCO[C@@H]3[C@H](OC(C)=O)[C@H]2OC(C)=O)ccc1OCCC. The average molecular weight is 576 g/mol. The van der Waals surface area contributed by atoms with Crippen molar-refractivity contribution in [2.75, 3.05) is 13.4 Å². The monoisotopic (exact) mass is 575 g/mol. The number of esters is 3. The highest BCUT2D eigenvalue weighted by Gasteiger charge is 2.59. The lowest BCUT2D eigenvalue weighted by molar-refractivity contribution is -0.205. The highest BCUT2D eigenvalue weighted by molar-refractivity contribution is 5.97. The molecule has 0 spiro atoms. The first kappa shape index (κ1) is 31.6. The van der Waals surface area contributed by atoms with Crippen LogP contribution >= 0.6 is 0 Å². The van der Waals surface area contributed by atoms with E-state index in [0.717, 1.165) is 6.42 Å². The fraction of sp³-hybridized carbons (Fsp3) is 0.517. The summed E-state index contributed by atoms with van der Waals surface area (Å²) in [6.45, 7) is 9.32. The molecule has 1 N–H and O–H groups in total. The molecule has 0 radical (unpaired) electrons. The van der Waals surface area contributed by atoms with Gasteiger partial charge >= 0.3 is 17.9 Å². The number of nitrogens with one attached hydrogen (secondary N) is 1. The predicted molar refractivity (Wildman–Crippen MR) is 145 cm³/mol. The Morgan fingerprint density at radius 1 is 0.902 bits per heavy atom. The lowest BCUT2D eigenvalue weighted by atomic mass is 9.82.